The van der Waals surface area contributed by atoms with Crippen LogP contribution in [0.1, 0.15) is 10.4 Å². The van der Waals surface area contributed by atoms with Crippen LogP contribution in [0.4, 0.5) is 5.69 Å². The van der Waals surface area contributed by atoms with Gasteiger partial charge in [0.05, 0.1) is 44.2 Å². The van der Waals surface area contributed by atoms with Crippen molar-refractivity contribution in [1.82, 2.24) is 4.90 Å². The van der Waals surface area contributed by atoms with Gasteiger partial charge in [-0.2, -0.15) is 0 Å². The number of methoxy groups -OCH3 is 2. The lowest BCUT2D eigenvalue weighted by Gasteiger charge is -2.16. The molecular weight excluding hydrogens is 396 g/mol. The van der Waals surface area contributed by atoms with E-state index in [1.54, 1.807) is 12.1 Å². The number of rotatable bonds is 6. The highest BCUT2D eigenvalue weighted by Crippen LogP contribution is 2.27. The average Bonchev–Trinajstić information content (AvgIpc) is 2.91. The predicted octanol–water partition coefficient (Wildman–Crippen LogP) is 0.909. The normalized spacial score (nSPS) is 13.9. The summed E-state index contributed by atoms with van der Waals surface area (Å²) >= 11 is 3.27. The number of hydrogen-bond donors (Lipinski definition) is 2. The molecular formula is C16H17BrN2O6. The van der Waals surface area contributed by atoms with Crippen molar-refractivity contribution in [2.24, 2.45) is 0 Å². The van der Waals surface area contributed by atoms with Gasteiger partial charge in [0.1, 0.15) is 5.70 Å². The molecule has 0 saturated carbocycles. The van der Waals surface area contributed by atoms with E-state index in [9.17, 15) is 14.4 Å². The highest BCUT2D eigenvalue weighted by atomic mass is 79.9. The number of nitrogens with one attached hydrogen (secondary N) is 1. The molecule has 1 amide bonds. The number of anilines is 1. The monoisotopic (exact) mass is 412 g/mol. The molecule has 2 rings (SSSR count). The number of benzene rings is 1. The number of β-amino-alcohol motifs (C(OH)–C–C–N with tert-alkyl or cyclic N) is 1. The number of esters is 2. The second-order valence-corrected chi connectivity index (χ2v) is 6.02. The van der Waals surface area contributed by atoms with E-state index in [0.29, 0.717) is 10.2 Å². The van der Waals surface area contributed by atoms with Gasteiger partial charge in [-0.1, -0.05) is 15.9 Å². The SMILES string of the molecule is COC(=O)C1=C(Nc2ccc(Br)cc2C(=O)OC)C(=O)N(CCO)C1. The van der Waals surface area contributed by atoms with E-state index in [1.807, 2.05) is 0 Å². The molecule has 0 saturated heterocycles. The summed E-state index contributed by atoms with van der Waals surface area (Å²) in [6, 6.07) is 4.80. The predicted molar refractivity (Wildman–Crippen MR) is 91.8 cm³/mol. The van der Waals surface area contributed by atoms with Gasteiger partial charge >= 0.3 is 11.9 Å². The summed E-state index contributed by atoms with van der Waals surface area (Å²) < 4.78 is 10.1. The molecule has 2 N–H and O–H groups in total. The zero-order valence-corrected chi connectivity index (χ0v) is 15.3. The minimum atomic E-state index is -0.659. The number of nitrogens with zero attached hydrogens (tertiary/aromatic N) is 1. The number of carbonyl (C=O) groups excluding carboxylic acids is 3. The molecule has 0 aliphatic carbocycles. The summed E-state index contributed by atoms with van der Waals surface area (Å²) in [5.41, 5.74) is 0.639. The third kappa shape index (κ3) is 3.99. The quantitative estimate of drug-likeness (QED) is 0.668. The Labute approximate surface area is 152 Å². The Bertz CT molecular complexity index is 746. The third-order valence-electron chi connectivity index (χ3n) is 3.60. The zero-order valence-electron chi connectivity index (χ0n) is 13.7. The maximum atomic E-state index is 12.5. The van der Waals surface area contributed by atoms with E-state index in [2.05, 4.69) is 21.2 Å². The van der Waals surface area contributed by atoms with Crippen LogP contribution >= 0.6 is 15.9 Å². The number of carbonyl (C=O) groups is 3. The molecule has 8 nitrogen and oxygen atoms in total. The van der Waals surface area contributed by atoms with Gasteiger partial charge < -0.3 is 24.8 Å². The van der Waals surface area contributed by atoms with E-state index in [-0.39, 0.29) is 36.5 Å². The number of hydrogen-bond acceptors (Lipinski definition) is 7. The average molecular weight is 413 g/mol. The summed E-state index contributed by atoms with van der Waals surface area (Å²) in [5, 5.41) is 11.9. The van der Waals surface area contributed by atoms with Crippen LogP contribution < -0.4 is 5.32 Å². The minimum Gasteiger partial charge on any atom is -0.466 e. The first-order chi connectivity index (χ1) is 11.9. The van der Waals surface area contributed by atoms with Gasteiger partial charge in [0.2, 0.25) is 0 Å². The van der Waals surface area contributed by atoms with Crippen molar-refractivity contribution in [2.45, 2.75) is 0 Å². The molecule has 25 heavy (non-hydrogen) atoms. The number of aliphatic hydroxyl groups is 1. The Morgan fingerprint density at radius 2 is 1.96 bits per heavy atom. The summed E-state index contributed by atoms with van der Waals surface area (Å²) in [4.78, 5) is 37.8. The lowest BCUT2D eigenvalue weighted by molar-refractivity contribution is -0.136. The molecule has 1 aliphatic rings. The molecule has 1 aromatic rings. The molecule has 0 fully saturated rings. The van der Waals surface area contributed by atoms with Gasteiger partial charge in [0.15, 0.2) is 0 Å². The van der Waals surface area contributed by atoms with Crippen LogP contribution in [0.2, 0.25) is 0 Å². The molecule has 1 heterocycles. The molecule has 0 spiro atoms. The van der Waals surface area contributed by atoms with Crippen LogP contribution in [0.25, 0.3) is 0 Å². The van der Waals surface area contributed by atoms with Gasteiger partial charge in [-0.15, -0.1) is 0 Å². The summed E-state index contributed by atoms with van der Waals surface area (Å²) in [7, 11) is 2.46. The smallest absolute Gasteiger partial charge is 0.340 e. The minimum absolute atomic E-state index is 0.00720. The molecule has 0 aromatic heterocycles. The molecule has 1 aromatic carbocycles. The number of amides is 1. The van der Waals surface area contributed by atoms with Gasteiger partial charge in [-0.05, 0) is 18.2 Å². The van der Waals surface area contributed by atoms with Crippen LogP contribution in [-0.2, 0) is 19.1 Å². The van der Waals surface area contributed by atoms with Crippen molar-refractivity contribution >= 4 is 39.5 Å². The van der Waals surface area contributed by atoms with Crippen molar-refractivity contribution in [2.75, 3.05) is 39.2 Å². The van der Waals surface area contributed by atoms with Crippen molar-refractivity contribution in [1.29, 1.82) is 0 Å². The highest BCUT2D eigenvalue weighted by Gasteiger charge is 2.35. The van der Waals surface area contributed by atoms with E-state index >= 15 is 0 Å². The zero-order chi connectivity index (χ0) is 18.6. The topological polar surface area (TPSA) is 105 Å². The van der Waals surface area contributed by atoms with Crippen LogP contribution in [0.15, 0.2) is 33.9 Å². The Morgan fingerprint density at radius 1 is 1.28 bits per heavy atom. The van der Waals surface area contributed by atoms with Gasteiger partial charge in [-0.25, -0.2) is 9.59 Å². The fraction of sp³-hybridized carbons (Fsp3) is 0.312. The fourth-order valence-corrected chi connectivity index (χ4v) is 2.75. The van der Waals surface area contributed by atoms with Crippen LogP contribution in [0.5, 0.6) is 0 Å². The molecule has 0 bridgehead atoms. The molecule has 0 atom stereocenters. The first-order valence-corrected chi connectivity index (χ1v) is 8.08. The third-order valence-corrected chi connectivity index (χ3v) is 4.09. The van der Waals surface area contributed by atoms with Crippen molar-refractivity contribution in [3.05, 3.63) is 39.5 Å². The standard InChI is InChI=1S/C16H17BrN2O6/c1-24-15(22)10-7-9(17)3-4-12(10)18-13-11(16(23)25-2)8-19(5-6-20)14(13)21/h3-4,7,18,20H,5-6,8H2,1-2H3. The fourth-order valence-electron chi connectivity index (χ4n) is 2.39. The van der Waals surface area contributed by atoms with E-state index in [0.717, 1.165) is 0 Å². The lowest BCUT2D eigenvalue weighted by atomic mass is 10.1. The first-order valence-electron chi connectivity index (χ1n) is 7.29. The van der Waals surface area contributed by atoms with Gasteiger partial charge in [0, 0.05) is 11.0 Å². The second kappa shape index (κ2) is 8.13. The van der Waals surface area contributed by atoms with Gasteiger partial charge in [0.25, 0.3) is 5.91 Å². The Kier molecular flexibility index (Phi) is 6.16. The summed E-state index contributed by atoms with van der Waals surface area (Å²) in [6.45, 7) is -0.146. The molecule has 0 radical (unpaired) electrons. The largest absolute Gasteiger partial charge is 0.466 e. The Morgan fingerprint density at radius 3 is 2.56 bits per heavy atom. The molecule has 9 heteroatoms. The lowest BCUT2D eigenvalue weighted by Crippen LogP contribution is -2.31. The van der Waals surface area contributed by atoms with E-state index < -0.39 is 17.8 Å². The molecule has 0 unspecified atom stereocenters. The Balaban J connectivity index is 2.43. The second-order valence-electron chi connectivity index (χ2n) is 5.10. The van der Waals surface area contributed by atoms with Gasteiger partial charge in [-0.3, -0.25) is 4.79 Å². The van der Waals surface area contributed by atoms with Crippen molar-refractivity contribution < 1.29 is 29.0 Å². The van der Waals surface area contributed by atoms with Crippen LogP contribution in [0, 0.1) is 0 Å². The first kappa shape index (κ1) is 18.9. The van der Waals surface area contributed by atoms with E-state index in [1.165, 1.54) is 25.2 Å². The van der Waals surface area contributed by atoms with Crippen LogP contribution in [0.3, 0.4) is 0 Å². The summed E-state index contributed by atoms with van der Waals surface area (Å²) in [5.74, 6) is -1.72. The molecule has 1 aliphatic heterocycles. The van der Waals surface area contributed by atoms with E-state index in [4.69, 9.17) is 14.6 Å². The Hall–Kier alpha value is -2.39. The number of aliphatic hydroxyl groups excluding tert-OH is 1. The molecule has 134 valence electrons. The van der Waals surface area contributed by atoms with Crippen molar-refractivity contribution in [3.63, 3.8) is 0 Å². The van der Waals surface area contributed by atoms with Crippen LogP contribution in [-0.4, -0.2) is 61.8 Å². The summed E-state index contributed by atoms with van der Waals surface area (Å²) in [6.07, 6.45) is 0. The number of ether oxygens (including phenoxy) is 2. The maximum absolute atomic E-state index is 12.5. The highest BCUT2D eigenvalue weighted by molar-refractivity contribution is 9.10. The maximum Gasteiger partial charge on any atom is 0.340 e. The number of halogens is 1. The van der Waals surface area contributed by atoms with Crippen molar-refractivity contribution in [3.8, 4) is 0 Å².